The monoisotopic (exact) mass is 230 g/mol. The quantitative estimate of drug-likeness (QED) is 0.535. The van der Waals surface area contributed by atoms with E-state index in [0.29, 0.717) is 12.5 Å². The molecule has 0 radical (unpaired) electrons. The second-order valence-electron chi connectivity index (χ2n) is 3.57. The Balaban J connectivity index is 1.98. The van der Waals surface area contributed by atoms with Gasteiger partial charge in [0, 0.05) is 6.54 Å². The molecule has 5 heteroatoms. The van der Waals surface area contributed by atoms with Gasteiger partial charge < -0.3 is 10.3 Å². The molecule has 0 aliphatic carbocycles. The van der Waals surface area contributed by atoms with E-state index in [1.54, 1.807) is 6.08 Å². The molecule has 0 aliphatic rings. The maximum absolute atomic E-state index is 11.5. The van der Waals surface area contributed by atoms with Crippen LogP contribution in [0.2, 0.25) is 0 Å². The average Bonchev–Trinajstić information content (AvgIpc) is 2.71. The number of para-hydroxylation sites is 2. The molecule has 1 amide bonds. The smallest absolute Gasteiger partial charge is 0.240 e. The van der Waals surface area contributed by atoms with Gasteiger partial charge in [0.25, 0.3) is 0 Å². The topological polar surface area (TPSA) is 69.8 Å². The fraction of sp³-hybridized carbons (Fsp3) is 0.167. The maximum Gasteiger partial charge on any atom is 0.240 e. The highest BCUT2D eigenvalue weighted by Gasteiger charge is 2.05. The highest BCUT2D eigenvalue weighted by atomic mass is 16.2. The Morgan fingerprint density at radius 3 is 3.06 bits per heavy atom. The number of aromatic nitrogens is 2. The number of benzene rings is 1. The number of amides is 1. The first-order valence-electron chi connectivity index (χ1n) is 5.36. The van der Waals surface area contributed by atoms with Gasteiger partial charge in [-0.1, -0.05) is 18.2 Å². The average molecular weight is 230 g/mol. The van der Waals surface area contributed by atoms with Gasteiger partial charge >= 0.3 is 0 Å². The summed E-state index contributed by atoms with van der Waals surface area (Å²) in [6.07, 6.45) is 1.70. The number of rotatable bonds is 5. The number of carbonyl (C=O) groups is 1. The van der Waals surface area contributed by atoms with E-state index >= 15 is 0 Å². The van der Waals surface area contributed by atoms with Crippen LogP contribution in [0.1, 0.15) is 0 Å². The maximum atomic E-state index is 11.5. The molecule has 3 N–H and O–H groups in total. The Hall–Kier alpha value is -2.14. The Morgan fingerprint density at radius 1 is 1.47 bits per heavy atom. The first-order chi connectivity index (χ1) is 8.29. The van der Waals surface area contributed by atoms with E-state index in [1.807, 2.05) is 24.3 Å². The lowest BCUT2D eigenvalue weighted by Crippen LogP contribution is -2.28. The third kappa shape index (κ3) is 2.92. The summed E-state index contributed by atoms with van der Waals surface area (Å²) in [4.78, 5) is 18.8. The van der Waals surface area contributed by atoms with Gasteiger partial charge in [0.1, 0.15) is 0 Å². The number of nitrogens with zero attached hydrogens (tertiary/aromatic N) is 1. The van der Waals surface area contributed by atoms with E-state index in [0.717, 1.165) is 11.0 Å². The number of nitrogens with one attached hydrogen (secondary N) is 3. The minimum atomic E-state index is -0.133. The third-order valence-electron chi connectivity index (χ3n) is 2.22. The second kappa shape index (κ2) is 5.27. The van der Waals surface area contributed by atoms with E-state index in [4.69, 9.17) is 0 Å². The fourth-order valence-electron chi connectivity index (χ4n) is 1.48. The first kappa shape index (κ1) is 11.3. The molecule has 0 aliphatic heterocycles. The molecule has 1 aromatic heterocycles. The molecular weight excluding hydrogens is 216 g/mol. The lowest BCUT2D eigenvalue weighted by atomic mass is 10.3. The SMILES string of the molecule is C=CCNCC(=O)Nc1nc2ccccc2[nH]1. The Labute approximate surface area is 98.9 Å². The van der Waals surface area contributed by atoms with Crippen molar-refractivity contribution in [2.75, 3.05) is 18.4 Å². The molecule has 88 valence electrons. The van der Waals surface area contributed by atoms with E-state index in [1.165, 1.54) is 0 Å². The van der Waals surface area contributed by atoms with Crippen molar-refractivity contribution in [1.82, 2.24) is 15.3 Å². The molecule has 17 heavy (non-hydrogen) atoms. The van der Waals surface area contributed by atoms with Gasteiger partial charge in [-0.05, 0) is 12.1 Å². The third-order valence-corrected chi connectivity index (χ3v) is 2.22. The molecule has 1 aromatic carbocycles. The molecule has 1 heterocycles. The highest BCUT2D eigenvalue weighted by molar-refractivity contribution is 5.92. The summed E-state index contributed by atoms with van der Waals surface area (Å²) in [6.45, 7) is 4.40. The van der Waals surface area contributed by atoms with Crippen LogP contribution in [0.4, 0.5) is 5.95 Å². The van der Waals surface area contributed by atoms with Crippen molar-refractivity contribution in [3.8, 4) is 0 Å². The second-order valence-corrected chi connectivity index (χ2v) is 3.57. The van der Waals surface area contributed by atoms with Gasteiger partial charge in [0.05, 0.1) is 17.6 Å². The molecule has 0 spiro atoms. The molecule has 0 bridgehead atoms. The largest absolute Gasteiger partial charge is 0.324 e. The standard InChI is InChI=1S/C12H14N4O/c1-2-7-13-8-11(17)16-12-14-9-5-3-4-6-10(9)15-12/h2-6,13H,1,7-8H2,(H2,14,15,16,17). The van der Waals surface area contributed by atoms with Gasteiger partial charge in [-0.15, -0.1) is 6.58 Å². The number of fused-ring (bicyclic) bond motifs is 1. The Bertz CT molecular complexity index is 499. The van der Waals surface area contributed by atoms with Crippen LogP contribution in [0.25, 0.3) is 11.0 Å². The van der Waals surface area contributed by atoms with Crippen molar-refractivity contribution in [3.63, 3.8) is 0 Å². The van der Waals surface area contributed by atoms with Crippen molar-refractivity contribution >= 4 is 22.9 Å². The molecule has 2 rings (SSSR count). The van der Waals surface area contributed by atoms with Crippen LogP contribution in [-0.2, 0) is 4.79 Å². The Kier molecular flexibility index (Phi) is 3.52. The van der Waals surface area contributed by atoms with Gasteiger partial charge in [-0.25, -0.2) is 4.98 Å². The number of hydrogen-bond donors (Lipinski definition) is 3. The van der Waals surface area contributed by atoms with Crippen molar-refractivity contribution in [2.24, 2.45) is 0 Å². The summed E-state index contributed by atoms with van der Waals surface area (Å²) in [5.41, 5.74) is 1.74. The fourth-order valence-corrected chi connectivity index (χ4v) is 1.48. The number of carbonyl (C=O) groups excluding carboxylic acids is 1. The molecule has 0 saturated heterocycles. The normalized spacial score (nSPS) is 10.4. The summed E-state index contributed by atoms with van der Waals surface area (Å²) in [7, 11) is 0. The summed E-state index contributed by atoms with van der Waals surface area (Å²) in [5.74, 6) is 0.336. The zero-order chi connectivity index (χ0) is 12.1. The molecule has 2 aromatic rings. The van der Waals surface area contributed by atoms with Crippen LogP contribution in [0.3, 0.4) is 0 Å². The minimum absolute atomic E-state index is 0.133. The van der Waals surface area contributed by atoms with Gasteiger partial charge in [-0.2, -0.15) is 0 Å². The molecule has 0 unspecified atom stereocenters. The van der Waals surface area contributed by atoms with Gasteiger partial charge in [0.2, 0.25) is 11.9 Å². The first-order valence-corrected chi connectivity index (χ1v) is 5.36. The zero-order valence-electron chi connectivity index (χ0n) is 9.36. The summed E-state index contributed by atoms with van der Waals surface area (Å²) < 4.78 is 0. The van der Waals surface area contributed by atoms with Crippen molar-refractivity contribution in [1.29, 1.82) is 0 Å². The predicted molar refractivity (Wildman–Crippen MR) is 67.8 cm³/mol. The van der Waals surface area contributed by atoms with Crippen molar-refractivity contribution in [2.45, 2.75) is 0 Å². The number of imidazole rings is 1. The zero-order valence-corrected chi connectivity index (χ0v) is 9.36. The van der Waals surface area contributed by atoms with Crippen molar-refractivity contribution in [3.05, 3.63) is 36.9 Å². The van der Waals surface area contributed by atoms with Crippen LogP contribution in [0, 0.1) is 0 Å². The summed E-state index contributed by atoms with van der Waals surface area (Å²) in [5, 5.41) is 5.60. The lowest BCUT2D eigenvalue weighted by molar-refractivity contribution is -0.115. The number of H-pyrrole nitrogens is 1. The van der Waals surface area contributed by atoms with Gasteiger partial charge in [-0.3, -0.25) is 10.1 Å². The van der Waals surface area contributed by atoms with E-state index in [-0.39, 0.29) is 12.5 Å². The minimum Gasteiger partial charge on any atom is -0.324 e. The molecular formula is C12H14N4O. The van der Waals surface area contributed by atoms with Crippen LogP contribution in [0.5, 0.6) is 0 Å². The van der Waals surface area contributed by atoms with Gasteiger partial charge in [0.15, 0.2) is 0 Å². The van der Waals surface area contributed by atoms with E-state index in [2.05, 4.69) is 27.2 Å². The van der Waals surface area contributed by atoms with Crippen LogP contribution in [0.15, 0.2) is 36.9 Å². The van der Waals surface area contributed by atoms with E-state index in [9.17, 15) is 4.79 Å². The number of aromatic amines is 1. The molecule has 0 saturated carbocycles. The molecule has 0 atom stereocenters. The van der Waals surface area contributed by atoms with E-state index < -0.39 is 0 Å². The summed E-state index contributed by atoms with van der Waals surface area (Å²) in [6, 6.07) is 7.61. The van der Waals surface area contributed by atoms with Crippen LogP contribution < -0.4 is 10.6 Å². The molecule has 0 fully saturated rings. The number of anilines is 1. The number of hydrogen-bond acceptors (Lipinski definition) is 3. The van der Waals surface area contributed by atoms with Crippen molar-refractivity contribution < 1.29 is 4.79 Å². The highest BCUT2D eigenvalue weighted by Crippen LogP contribution is 2.12. The summed E-state index contributed by atoms with van der Waals surface area (Å²) >= 11 is 0. The molecule has 5 nitrogen and oxygen atoms in total. The van der Waals surface area contributed by atoms with Crippen LogP contribution >= 0.6 is 0 Å². The lowest BCUT2D eigenvalue weighted by Gasteiger charge is -2.01. The predicted octanol–water partition coefficient (Wildman–Crippen LogP) is 1.28. The Morgan fingerprint density at radius 2 is 2.29 bits per heavy atom. The van der Waals surface area contributed by atoms with Crippen LogP contribution in [-0.4, -0.2) is 29.0 Å².